The molecule has 1 fully saturated rings. The summed E-state index contributed by atoms with van der Waals surface area (Å²) in [5.41, 5.74) is 0. The number of hydrogen-bond donors (Lipinski definition) is 1. The zero-order valence-corrected chi connectivity index (χ0v) is 13.8. The number of halogens is 1. The zero-order chi connectivity index (χ0) is 13.2. The molecule has 1 aliphatic heterocycles. The van der Waals surface area contributed by atoms with Gasteiger partial charge < -0.3 is 10.0 Å². The summed E-state index contributed by atoms with van der Waals surface area (Å²) in [4.78, 5) is 2.53. The van der Waals surface area contributed by atoms with E-state index >= 15 is 0 Å². The molecule has 0 spiro atoms. The number of hydrogen-bond acceptors (Lipinski definition) is 2. The molecule has 1 atom stereocenters. The van der Waals surface area contributed by atoms with Crippen LogP contribution >= 0.6 is 12.4 Å². The molecule has 19 heavy (non-hydrogen) atoms. The maximum Gasteiger partial charge on any atom is 0.0443 e. The van der Waals surface area contributed by atoms with E-state index in [9.17, 15) is 0 Å². The van der Waals surface area contributed by atoms with Gasteiger partial charge in [0.05, 0.1) is 0 Å². The van der Waals surface area contributed by atoms with Crippen molar-refractivity contribution in [1.29, 1.82) is 0 Å². The SMILES string of the molecule is CCCCC(CC)CC1CCN(CCCO)CC1.Cl. The monoisotopic (exact) mass is 291 g/mol. The van der Waals surface area contributed by atoms with Crippen LogP contribution in [0.25, 0.3) is 0 Å². The Hall–Kier alpha value is 0.210. The Labute approximate surface area is 126 Å². The molecule has 0 aromatic carbocycles. The molecule has 1 unspecified atom stereocenters. The van der Waals surface area contributed by atoms with Crippen LogP contribution in [0.3, 0.4) is 0 Å². The first-order chi connectivity index (χ1) is 8.80. The Kier molecular flexibility index (Phi) is 12.1. The fourth-order valence-corrected chi connectivity index (χ4v) is 3.19. The molecular weight excluding hydrogens is 258 g/mol. The lowest BCUT2D eigenvalue weighted by Gasteiger charge is -2.33. The second kappa shape index (κ2) is 12.0. The summed E-state index contributed by atoms with van der Waals surface area (Å²) in [5, 5.41) is 8.86. The molecule has 0 aliphatic carbocycles. The first-order valence-corrected chi connectivity index (χ1v) is 8.13. The Balaban J connectivity index is 0.00000324. The number of likely N-dealkylation sites (tertiary alicyclic amines) is 1. The van der Waals surface area contributed by atoms with Gasteiger partial charge >= 0.3 is 0 Å². The van der Waals surface area contributed by atoms with Gasteiger partial charge in [0.1, 0.15) is 0 Å². The summed E-state index contributed by atoms with van der Waals surface area (Å²) in [7, 11) is 0. The highest BCUT2D eigenvalue weighted by Gasteiger charge is 2.21. The van der Waals surface area contributed by atoms with E-state index in [2.05, 4.69) is 18.7 Å². The summed E-state index contributed by atoms with van der Waals surface area (Å²) < 4.78 is 0. The largest absolute Gasteiger partial charge is 0.396 e. The molecule has 0 bridgehead atoms. The van der Waals surface area contributed by atoms with Crippen molar-refractivity contribution in [2.45, 2.75) is 65.2 Å². The molecule has 0 aromatic rings. The van der Waals surface area contributed by atoms with Crippen molar-refractivity contribution >= 4 is 12.4 Å². The van der Waals surface area contributed by atoms with Gasteiger partial charge in [0.15, 0.2) is 0 Å². The third-order valence-electron chi connectivity index (χ3n) is 4.55. The van der Waals surface area contributed by atoms with Crippen LogP contribution in [0, 0.1) is 11.8 Å². The van der Waals surface area contributed by atoms with Gasteiger partial charge in [-0.3, -0.25) is 0 Å². The number of nitrogens with zero attached hydrogens (tertiary/aromatic N) is 1. The zero-order valence-electron chi connectivity index (χ0n) is 12.9. The molecule has 3 heteroatoms. The minimum atomic E-state index is 0. The standard InChI is InChI=1S/C16H33NO.ClH/c1-3-5-7-15(4-2)14-16-8-11-17(12-9-16)10-6-13-18;/h15-16,18H,3-14H2,1-2H3;1H. The fraction of sp³-hybridized carbons (Fsp3) is 1.00. The van der Waals surface area contributed by atoms with Crippen molar-refractivity contribution in [3.8, 4) is 0 Å². The highest BCUT2D eigenvalue weighted by atomic mass is 35.5. The van der Waals surface area contributed by atoms with Crippen molar-refractivity contribution < 1.29 is 5.11 Å². The van der Waals surface area contributed by atoms with Gasteiger partial charge in [0.25, 0.3) is 0 Å². The van der Waals surface area contributed by atoms with Gasteiger partial charge in [0.2, 0.25) is 0 Å². The van der Waals surface area contributed by atoms with Crippen LogP contribution in [-0.2, 0) is 0 Å². The Morgan fingerprint density at radius 3 is 2.37 bits per heavy atom. The Bertz CT molecular complexity index is 193. The third kappa shape index (κ3) is 8.16. The van der Waals surface area contributed by atoms with E-state index in [-0.39, 0.29) is 12.4 Å². The van der Waals surface area contributed by atoms with Gasteiger partial charge in [0, 0.05) is 13.2 Å². The van der Waals surface area contributed by atoms with E-state index in [0.29, 0.717) is 6.61 Å². The van der Waals surface area contributed by atoms with E-state index in [1.807, 2.05) is 0 Å². The van der Waals surface area contributed by atoms with Crippen molar-refractivity contribution in [3.63, 3.8) is 0 Å². The average molecular weight is 292 g/mol. The maximum atomic E-state index is 8.86. The van der Waals surface area contributed by atoms with Crippen molar-refractivity contribution in [3.05, 3.63) is 0 Å². The van der Waals surface area contributed by atoms with E-state index < -0.39 is 0 Å². The number of piperidine rings is 1. The molecule has 1 aliphatic rings. The van der Waals surface area contributed by atoms with Crippen molar-refractivity contribution in [1.82, 2.24) is 4.90 Å². The van der Waals surface area contributed by atoms with E-state index in [4.69, 9.17) is 5.11 Å². The maximum absolute atomic E-state index is 8.86. The van der Waals surface area contributed by atoms with Crippen LogP contribution in [0.1, 0.15) is 65.2 Å². The topological polar surface area (TPSA) is 23.5 Å². The number of unbranched alkanes of at least 4 members (excludes halogenated alkanes) is 1. The second-order valence-corrected chi connectivity index (χ2v) is 6.01. The number of aliphatic hydroxyl groups is 1. The molecule has 0 radical (unpaired) electrons. The van der Waals surface area contributed by atoms with Crippen LogP contribution in [0.2, 0.25) is 0 Å². The summed E-state index contributed by atoms with van der Waals surface area (Å²) in [6, 6.07) is 0. The number of rotatable bonds is 9. The lowest BCUT2D eigenvalue weighted by molar-refractivity contribution is 0.151. The molecule has 2 nitrogen and oxygen atoms in total. The minimum absolute atomic E-state index is 0. The minimum Gasteiger partial charge on any atom is -0.396 e. The van der Waals surface area contributed by atoms with Gasteiger partial charge in [-0.1, -0.05) is 39.5 Å². The van der Waals surface area contributed by atoms with Gasteiger partial charge in [-0.05, 0) is 50.6 Å². The lowest BCUT2D eigenvalue weighted by atomic mass is 9.84. The van der Waals surface area contributed by atoms with E-state index in [1.165, 1.54) is 58.0 Å². The highest BCUT2D eigenvalue weighted by Crippen LogP contribution is 2.28. The third-order valence-corrected chi connectivity index (χ3v) is 4.55. The highest BCUT2D eigenvalue weighted by molar-refractivity contribution is 5.85. The number of aliphatic hydroxyl groups excluding tert-OH is 1. The molecule has 1 heterocycles. The predicted octanol–water partition coefficient (Wildman–Crippen LogP) is 4.11. The lowest BCUT2D eigenvalue weighted by Crippen LogP contribution is -2.35. The molecular formula is C16H34ClNO. The molecule has 0 aromatic heterocycles. The quantitative estimate of drug-likeness (QED) is 0.691. The van der Waals surface area contributed by atoms with Crippen LogP contribution in [-0.4, -0.2) is 36.2 Å². The molecule has 1 rings (SSSR count). The predicted molar refractivity (Wildman–Crippen MR) is 86.0 cm³/mol. The molecule has 0 amide bonds. The van der Waals surface area contributed by atoms with Crippen LogP contribution in [0.4, 0.5) is 0 Å². The van der Waals surface area contributed by atoms with E-state index in [0.717, 1.165) is 24.8 Å². The summed E-state index contributed by atoms with van der Waals surface area (Å²) in [6.45, 7) is 8.61. The van der Waals surface area contributed by atoms with Crippen LogP contribution < -0.4 is 0 Å². The second-order valence-electron chi connectivity index (χ2n) is 6.01. The van der Waals surface area contributed by atoms with Gasteiger partial charge in [-0.15, -0.1) is 12.4 Å². The fourth-order valence-electron chi connectivity index (χ4n) is 3.19. The molecule has 116 valence electrons. The Morgan fingerprint density at radius 2 is 1.84 bits per heavy atom. The molecule has 0 saturated carbocycles. The Morgan fingerprint density at radius 1 is 1.16 bits per heavy atom. The normalized spacial score (nSPS) is 19.1. The van der Waals surface area contributed by atoms with Gasteiger partial charge in [-0.2, -0.15) is 0 Å². The van der Waals surface area contributed by atoms with Crippen molar-refractivity contribution in [2.75, 3.05) is 26.2 Å². The first kappa shape index (κ1) is 19.2. The smallest absolute Gasteiger partial charge is 0.0443 e. The summed E-state index contributed by atoms with van der Waals surface area (Å²) >= 11 is 0. The average Bonchev–Trinajstić information content (AvgIpc) is 2.42. The molecule has 1 N–H and O–H groups in total. The summed E-state index contributed by atoms with van der Waals surface area (Å²) in [5.74, 6) is 1.94. The van der Waals surface area contributed by atoms with E-state index in [1.54, 1.807) is 0 Å². The molecule has 1 saturated heterocycles. The van der Waals surface area contributed by atoms with Gasteiger partial charge in [-0.25, -0.2) is 0 Å². The first-order valence-electron chi connectivity index (χ1n) is 8.13. The van der Waals surface area contributed by atoms with Crippen LogP contribution in [0.15, 0.2) is 0 Å². The summed E-state index contributed by atoms with van der Waals surface area (Å²) in [6.07, 6.45) is 10.7. The van der Waals surface area contributed by atoms with Crippen LogP contribution in [0.5, 0.6) is 0 Å². The van der Waals surface area contributed by atoms with Crippen molar-refractivity contribution in [2.24, 2.45) is 11.8 Å².